The van der Waals surface area contributed by atoms with Crippen molar-refractivity contribution in [2.75, 3.05) is 5.32 Å². The molecular weight excluding hydrogens is 436 g/mol. The van der Waals surface area contributed by atoms with Crippen molar-refractivity contribution in [1.82, 2.24) is 35.0 Å². The Morgan fingerprint density at radius 2 is 2.15 bits per heavy atom. The quantitative estimate of drug-likeness (QED) is 0.486. The van der Waals surface area contributed by atoms with Gasteiger partial charge in [-0.05, 0) is 50.7 Å². The Kier molecular flexibility index (Phi) is 7.09. The van der Waals surface area contributed by atoms with Crippen LogP contribution in [0.2, 0.25) is 0 Å². The first kappa shape index (κ1) is 23.7. The number of aliphatic carboxylic acids is 1. The van der Waals surface area contributed by atoms with E-state index in [1.54, 1.807) is 15.7 Å². The maximum Gasteiger partial charge on any atom is 0.306 e. The average molecular weight is 469 g/mol. The van der Waals surface area contributed by atoms with Gasteiger partial charge in [-0.2, -0.15) is 9.90 Å². The molecule has 3 heterocycles. The molecule has 182 valence electrons. The fourth-order valence-corrected chi connectivity index (χ4v) is 4.20. The van der Waals surface area contributed by atoms with E-state index in [0.29, 0.717) is 48.3 Å². The molecule has 11 nitrogen and oxygen atoms in total. The number of hydrogen-bond acceptors (Lipinski definition) is 8. The van der Waals surface area contributed by atoms with Gasteiger partial charge in [-0.15, -0.1) is 10.2 Å². The molecule has 0 bridgehead atoms. The van der Waals surface area contributed by atoms with Crippen LogP contribution in [0.25, 0.3) is 11.4 Å². The summed E-state index contributed by atoms with van der Waals surface area (Å²) in [6, 6.07) is 3.75. The van der Waals surface area contributed by atoms with Crippen LogP contribution in [-0.4, -0.2) is 52.2 Å². The Bertz CT molecular complexity index is 1140. The molecule has 3 aromatic rings. The number of ether oxygens (including phenoxy) is 1. The molecule has 34 heavy (non-hydrogen) atoms. The molecule has 4 rings (SSSR count). The van der Waals surface area contributed by atoms with Gasteiger partial charge in [-0.3, -0.25) is 4.79 Å². The van der Waals surface area contributed by atoms with Crippen molar-refractivity contribution in [2.24, 2.45) is 18.9 Å². The van der Waals surface area contributed by atoms with Crippen molar-refractivity contribution in [3.8, 4) is 17.1 Å². The predicted molar refractivity (Wildman–Crippen MR) is 125 cm³/mol. The van der Waals surface area contributed by atoms with E-state index in [2.05, 4.69) is 39.7 Å². The number of aromatic nitrogens is 7. The number of pyridine rings is 1. The Hall–Kier alpha value is -3.50. The summed E-state index contributed by atoms with van der Waals surface area (Å²) in [5, 5.41) is 29.9. The number of rotatable bonds is 9. The van der Waals surface area contributed by atoms with Gasteiger partial charge < -0.3 is 15.2 Å². The molecule has 1 aliphatic rings. The maximum atomic E-state index is 11.3. The lowest BCUT2D eigenvalue weighted by Gasteiger charge is -2.27. The standard InChI is InChI=1S/C23H32N8O3/c1-14(2)13-31-25-12-21(28-31)24-11-19-22(27-29-30(19)4)18-8-9-20(15(3)26-18)34-17-7-5-6-16(10-17)23(32)33/h8-9,12,14,16-17H,5-7,10-11,13H2,1-4H3,(H,24,28)(H,32,33)/t16-,17-/m0/s1. The number of aryl methyl sites for hydroxylation is 2. The largest absolute Gasteiger partial charge is 0.489 e. The highest BCUT2D eigenvalue weighted by Gasteiger charge is 2.28. The molecule has 0 unspecified atom stereocenters. The first-order chi connectivity index (χ1) is 16.3. The van der Waals surface area contributed by atoms with E-state index in [-0.39, 0.29) is 12.0 Å². The van der Waals surface area contributed by atoms with Crippen molar-refractivity contribution in [3.05, 3.63) is 29.7 Å². The van der Waals surface area contributed by atoms with Crippen LogP contribution in [0.15, 0.2) is 18.3 Å². The summed E-state index contributed by atoms with van der Waals surface area (Å²) in [5.41, 5.74) is 2.99. The Morgan fingerprint density at radius 3 is 2.88 bits per heavy atom. The molecule has 1 saturated carbocycles. The van der Waals surface area contributed by atoms with Crippen LogP contribution in [0.1, 0.15) is 50.9 Å². The van der Waals surface area contributed by atoms with Gasteiger partial charge in [0, 0.05) is 7.05 Å². The van der Waals surface area contributed by atoms with E-state index < -0.39 is 5.97 Å². The summed E-state index contributed by atoms with van der Waals surface area (Å²) in [6.45, 7) is 7.36. The van der Waals surface area contributed by atoms with Crippen molar-refractivity contribution in [2.45, 2.75) is 65.6 Å². The first-order valence-electron chi connectivity index (χ1n) is 11.7. The van der Waals surface area contributed by atoms with Crippen LogP contribution in [0.4, 0.5) is 5.82 Å². The second kappa shape index (κ2) is 10.2. The SMILES string of the molecule is Cc1nc(-c2nnn(C)c2CNc2cnn(CC(C)C)n2)ccc1O[C@H]1CCC[C@H](C(=O)O)C1. The van der Waals surface area contributed by atoms with Crippen molar-refractivity contribution in [1.29, 1.82) is 0 Å². The lowest BCUT2D eigenvalue weighted by atomic mass is 9.87. The van der Waals surface area contributed by atoms with Gasteiger partial charge in [0.1, 0.15) is 11.4 Å². The summed E-state index contributed by atoms with van der Waals surface area (Å²) in [5.74, 6) is 0.738. The van der Waals surface area contributed by atoms with E-state index in [9.17, 15) is 9.90 Å². The molecule has 0 saturated heterocycles. The summed E-state index contributed by atoms with van der Waals surface area (Å²) in [4.78, 5) is 17.7. The van der Waals surface area contributed by atoms with Crippen molar-refractivity contribution >= 4 is 11.8 Å². The predicted octanol–water partition coefficient (Wildman–Crippen LogP) is 3.07. The van der Waals surface area contributed by atoms with Gasteiger partial charge in [0.25, 0.3) is 0 Å². The third-order valence-electron chi connectivity index (χ3n) is 5.99. The van der Waals surface area contributed by atoms with Crippen molar-refractivity contribution < 1.29 is 14.6 Å². The summed E-state index contributed by atoms with van der Waals surface area (Å²) in [6.07, 6.45) is 4.54. The van der Waals surface area contributed by atoms with Crippen LogP contribution >= 0.6 is 0 Å². The topological polar surface area (TPSA) is 133 Å². The highest BCUT2D eigenvalue weighted by molar-refractivity contribution is 5.70. The van der Waals surface area contributed by atoms with Crippen LogP contribution in [0.3, 0.4) is 0 Å². The fraction of sp³-hybridized carbons (Fsp3) is 0.565. The number of carboxylic acid groups (broad SMARTS) is 1. The summed E-state index contributed by atoms with van der Waals surface area (Å²) in [7, 11) is 1.84. The number of anilines is 1. The fourth-order valence-electron chi connectivity index (χ4n) is 4.20. The van der Waals surface area contributed by atoms with E-state index >= 15 is 0 Å². The Labute approximate surface area is 198 Å². The second-order valence-corrected chi connectivity index (χ2v) is 9.26. The Morgan fingerprint density at radius 1 is 1.32 bits per heavy atom. The Balaban J connectivity index is 1.45. The number of nitrogens with one attached hydrogen (secondary N) is 1. The highest BCUT2D eigenvalue weighted by Crippen LogP contribution is 2.30. The van der Waals surface area contributed by atoms with E-state index in [0.717, 1.165) is 30.8 Å². The van der Waals surface area contributed by atoms with Gasteiger partial charge in [0.2, 0.25) is 0 Å². The molecule has 1 aliphatic carbocycles. The zero-order chi connectivity index (χ0) is 24.2. The number of nitrogens with zero attached hydrogens (tertiary/aromatic N) is 7. The molecule has 2 N–H and O–H groups in total. The molecular formula is C23H32N8O3. The van der Waals surface area contributed by atoms with Gasteiger partial charge in [0.15, 0.2) is 5.82 Å². The number of hydrogen-bond donors (Lipinski definition) is 2. The third-order valence-corrected chi connectivity index (χ3v) is 5.99. The summed E-state index contributed by atoms with van der Waals surface area (Å²) < 4.78 is 7.85. The van der Waals surface area contributed by atoms with Gasteiger partial charge >= 0.3 is 5.97 Å². The average Bonchev–Trinajstić information content (AvgIpc) is 3.39. The maximum absolute atomic E-state index is 11.3. The monoisotopic (exact) mass is 468 g/mol. The minimum absolute atomic E-state index is 0.110. The van der Waals surface area contributed by atoms with Gasteiger partial charge in [-0.1, -0.05) is 19.1 Å². The van der Waals surface area contributed by atoms with Crippen LogP contribution < -0.4 is 10.1 Å². The molecule has 1 fully saturated rings. The normalized spacial score (nSPS) is 18.3. The van der Waals surface area contributed by atoms with E-state index in [1.165, 1.54) is 0 Å². The minimum atomic E-state index is -0.746. The third kappa shape index (κ3) is 5.52. The molecule has 0 spiro atoms. The molecule has 11 heteroatoms. The zero-order valence-electron chi connectivity index (χ0n) is 20.1. The first-order valence-corrected chi connectivity index (χ1v) is 11.7. The minimum Gasteiger partial charge on any atom is -0.489 e. The summed E-state index contributed by atoms with van der Waals surface area (Å²) >= 11 is 0. The number of carboxylic acids is 1. The van der Waals surface area contributed by atoms with E-state index in [1.807, 2.05) is 26.1 Å². The lowest BCUT2D eigenvalue weighted by Crippen LogP contribution is -2.29. The molecule has 2 atom stereocenters. The number of carbonyl (C=O) groups is 1. The zero-order valence-corrected chi connectivity index (χ0v) is 20.1. The van der Waals surface area contributed by atoms with Crippen LogP contribution in [0, 0.1) is 18.8 Å². The smallest absolute Gasteiger partial charge is 0.306 e. The van der Waals surface area contributed by atoms with Crippen molar-refractivity contribution in [3.63, 3.8) is 0 Å². The van der Waals surface area contributed by atoms with Gasteiger partial charge in [0.05, 0.1) is 48.4 Å². The molecule has 0 aliphatic heterocycles. The molecule has 0 amide bonds. The highest BCUT2D eigenvalue weighted by atomic mass is 16.5. The molecule has 3 aromatic heterocycles. The van der Waals surface area contributed by atoms with E-state index in [4.69, 9.17) is 9.72 Å². The second-order valence-electron chi connectivity index (χ2n) is 9.26. The van der Waals surface area contributed by atoms with Gasteiger partial charge in [-0.25, -0.2) is 9.67 Å². The van der Waals surface area contributed by atoms with Crippen LogP contribution in [-0.2, 0) is 24.9 Å². The van der Waals surface area contributed by atoms with Crippen LogP contribution in [0.5, 0.6) is 5.75 Å². The lowest BCUT2D eigenvalue weighted by molar-refractivity contribution is -0.143. The molecule has 0 aromatic carbocycles. The molecule has 0 radical (unpaired) electrons.